The van der Waals surface area contributed by atoms with Gasteiger partial charge in [0.25, 0.3) is 5.91 Å². The Hall–Kier alpha value is -4.67. The van der Waals surface area contributed by atoms with E-state index in [1.807, 2.05) is 24.0 Å². The summed E-state index contributed by atoms with van der Waals surface area (Å²) in [6.07, 6.45) is 10.9. The van der Waals surface area contributed by atoms with E-state index in [2.05, 4.69) is 42.2 Å². The van der Waals surface area contributed by atoms with Gasteiger partial charge in [-0.1, -0.05) is 13.0 Å². The molecule has 1 aliphatic heterocycles. The zero-order valence-corrected chi connectivity index (χ0v) is 20.7. The summed E-state index contributed by atoms with van der Waals surface area (Å²) in [6.45, 7) is 8.72. The third kappa shape index (κ3) is 4.75. The number of nitrogens with one attached hydrogen (secondary N) is 3. The van der Waals surface area contributed by atoms with Gasteiger partial charge in [-0.2, -0.15) is 5.10 Å². The topological polar surface area (TPSA) is 145 Å². The van der Waals surface area contributed by atoms with Crippen molar-refractivity contribution in [3.63, 3.8) is 0 Å². The van der Waals surface area contributed by atoms with Crippen molar-refractivity contribution >= 4 is 46.2 Å². The molecule has 4 aromatic heterocycles. The first-order valence-corrected chi connectivity index (χ1v) is 12.1. The van der Waals surface area contributed by atoms with Crippen molar-refractivity contribution in [1.82, 2.24) is 40.3 Å². The Balaban J connectivity index is 1.50. The number of fused-ring (bicyclic) bond motifs is 2. The van der Waals surface area contributed by atoms with E-state index >= 15 is 0 Å². The maximum absolute atomic E-state index is 13.1. The van der Waals surface area contributed by atoms with Crippen LogP contribution in [0.4, 0.5) is 0 Å². The van der Waals surface area contributed by atoms with Crippen molar-refractivity contribution in [2.45, 2.75) is 33.1 Å². The molecule has 0 aromatic carbocycles. The van der Waals surface area contributed by atoms with E-state index in [1.165, 1.54) is 0 Å². The lowest BCUT2D eigenvalue weighted by molar-refractivity contribution is -0.120. The molecule has 2 amide bonds. The summed E-state index contributed by atoms with van der Waals surface area (Å²) in [5.74, 6) is 0.729. The molecule has 11 nitrogen and oxygen atoms in total. The molecule has 0 aliphatic carbocycles. The summed E-state index contributed by atoms with van der Waals surface area (Å²) < 4.78 is 0. The van der Waals surface area contributed by atoms with Gasteiger partial charge in [0.05, 0.1) is 22.7 Å². The van der Waals surface area contributed by atoms with Gasteiger partial charge in [0.15, 0.2) is 11.5 Å². The fourth-order valence-corrected chi connectivity index (χ4v) is 4.26. The Morgan fingerprint density at radius 2 is 2.03 bits per heavy atom. The van der Waals surface area contributed by atoms with Gasteiger partial charge >= 0.3 is 0 Å². The second-order valence-electron chi connectivity index (χ2n) is 8.82. The number of nitrogens with zero attached hydrogens (tertiary/aromatic N) is 6. The van der Waals surface area contributed by atoms with Crippen LogP contribution >= 0.6 is 0 Å². The SMILES string of the molecule is C=N/C(=C\C=C(/C)c1cnc2n[nH]c(-c3nc4c(C(=O)N5CCCC5)cncc4[nH]3)c2c1)NC(=O)CC. The van der Waals surface area contributed by atoms with Gasteiger partial charge in [-0.15, -0.1) is 0 Å². The maximum atomic E-state index is 13.1. The highest BCUT2D eigenvalue weighted by Gasteiger charge is 2.24. The van der Waals surface area contributed by atoms with Crippen LogP contribution in [-0.2, 0) is 4.79 Å². The minimum atomic E-state index is -0.137. The Morgan fingerprint density at radius 3 is 2.78 bits per heavy atom. The highest BCUT2D eigenvalue weighted by Crippen LogP contribution is 2.29. The average Bonchev–Trinajstić information content (AvgIpc) is 3.68. The number of likely N-dealkylation sites (tertiary alicyclic amines) is 1. The van der Waals surface area contributed by atoms with Crippen molar-refractivity contribution < 1.29 is 9.59 Å². The predicted molar refractivity (Wildman–Crippen MR) is 142 cm³/mol. The monoisotopic (exact) mass is 497 g/mol. The third-order valence-electron chi connectivity index (χ3n) is 6.37. The van der Waals surface area contributed by atoms with Crippen molar-refractivity contribution in [2.75, 3.05) is 13.1 Å². The molecule has 0 radical (unpaired) electrons. The largest absolute Gasteiger partial charge is 0.339 e. The quantitative estimate of drug-likeness (QED) is 0.263. The van der Waals surface area contributed by atoms with Gasteiger partial charge in [0.1, 0.15) is 17.0 Å². The van der Waals surface area contributed by atoms with Crippen LogP contribution in [0.1, 0.15) is 49.0 Å². The average molecular weight is 498 g/mol. The second kappa shape index (κ2) is 10.1. The lowest BCUT2D eigenvalue weighted by atomic mass is 10.1. The number of rotatable bonds is 7. The number of aliphatic imine (C=N–C) groups is 1. The van der Waals surface area contributed by atoms with Gasteiger partial charge in [-0.25, -0.2) is 15.0 Å². The van der Waals surface area contributed by atoms with E-state index in [9.17, 15) is 9.59 Å². The van der Waals surface area contributed by atoms with E-state index in [0.29, 0.717) is 46.0 Å². The van der Waals surface area contributed by atoms with E-state index in [1.54, 1.807) is 31.6 Å². The number of amides is 2. The Morgan fingerprint density at radius 1 is 1.22 bits per heavy atom. The van der Waals surface area contributed by atoms with Crippen molar-refractivity contribution in [3.8, 4) is 11.5 Å². The zero-order valence-electron chi connectivity index (χ0n) is 20.7. The smallest absolute Gasteiger partial charge is 0.257 e. The van der Waals surface area contributed by atoms with Crippen LogP contribution in [-0.4, -0.2) is 66.7 Å². The number of aromatic nitrogens is 6. The molecule has 5 heterocycles. The molecule has 4 aromatic rings. The van der Waals surface area contributed by atoms with Crippen molar-refractivity contribution in [1.29, 1.82) is 0 Å². The summed E-state index contributed by atoms with van der Waals surface area (Å²) in [6, 6.07) is 1.97. The van der Waals surface area contributed by atoms with Crippen LogP contribution in [0.25, 0.3) is 39.2 Å². The molecule has 37 heavy (non-hydrogen) atoms. The normalized spacial score (nSPS) is 14.5. The lowest BCUT2D eigenvalue weighted by Gasteiger charge is -2.14. The fourth-order valence-electron chi connectivity index (χ4n) is 4.26. The summed E-state index contributed by atoms with van der Waals surface area (Å²) in [7, 11) is 0. The first-order chi connectivity index (χ1) is 18.0. The first kappa shape index (κ1) is 24.0. The van der Waals surface area contributed by atoms with Gasteiger partial charge in [-0.3, -0.25) is 19.7 Å². The van der Waals surface area contributed by atoms with Crippen molar-refractivity contribution in [3.05, 3.63) is 53.8 Å². The minimum Gasteiger partial charge on any atom is -0.339 e. The summed E-state index contributed by atoms with van der Waals surface area (Å²) in [5, 5.41) is 10.8. The number of H-pyrrole nitrogens is 2. The van der Waals surface area contributed by atoms with Gasteiger partial charge < -0.3 is 15.2 Å². The van der Waals surface area contributed by atoms with Crippen LogP contribution in [0.2, 0.25) is 0 Å². The van der Waals surface area contributed by atoms with Crippen LogP contribution in [0.15, 0.2) is 47.6 Å². The van der Waals surface area contributed by atoms with Crippen LogP contribution in [0, 0.1) is 0 Å². The van der Waals surface area contributed by atoms with Crippen LogP contribution in [0.3, 0.4) is 0 Å². The summed E-state index contributed by atoms with van der Waals surface area (Å²) >= 11 is 0. The number of hydrogen-bond acceptors (Lipinski definition) is 7. The number of carbonyl (C=O) groups is 2. The Labute approximate surface area is 212 Å². The van der Waals surface area contributed by atoms with Crippen LogP contribution in [0.5, 0.6) is 0 Å². The number of pyridine rings is 2. The molecule has 0 bridgehead atoms. The number of hydrogen-bond donors (Lipinski definition) is 3. The molecule has 0 saturated carbocycles. The highest BCUT2D eigenvalue weighted by molar-refractivity contribution is 6.05. The molecule has 1 saturated heterocycles. The minimum absolute atomic E-state index is 0.0515. The highest BCUT2D eigenvalue weighted by atomic mass is 16.2. The molecule has 0 atom stereocenters. The van der Waals surface area contributed by atoms with E-state index in [-0.39, 0.29) is 11.8 Å². The summed E-state index contributed by atoms with van der Waals surface area (Å²) in [5.41, 5.74) is 4.70. The zero-order chi connectivity index (χ0) is 25.9. The van der Waals surface area contributed by atoms with Crippen molar-refractivity contribution in [2.24, 2.45) is 4.99 Å². The first-order valence-electron chi connectivity index (χ1n) is 12.1. The van der Waals surface area contributed by atoms with E-state index in [4.69, 9.17) is 4.98 Å². The number of carbonyl (C=O) groups excluding carboxylic acids is 2. The number of allylic oxidation sites excluding steroid dienone is 3. The maximum Gasteiger partial charge on any atom is 0.257 e. The molecule has 1 fully saturated rings. The second-order valence-corrected chi connectivity index (χ2v) is 8.82. The lowest BCUT2D eigenvalue weighted by Crippen LogP contribution is -2.27. The molecule has 5 rings (SSSR count). The van der Waals surface area contributed by atoms with Gasteiger partial charge in [0.2, 0.25) is 5.91 Å². The van der Waals surface area contributed by atoms with Gasteiger partial charge in [0, 0.05) is 31.9 Å². The van der Waals surface area contributed by atoms with E-state index < -0.39 is 0 Å². The predicted octanol–water partition coefficient (Wildman–Crippen LogP) is 3.60. The summed E-state index contributed by atoms with van der Waals surface area (Å²) in [4.78, 5) is 47.2. The standard InChI is InChI=1S/C26H27N9O2/c1-4-21(36)31-20(27-3)8-7-15(2)16-11-17-23(33-34-24(17)29-12-16)25-30-19-14-28-13-18(22(19)32-25)26(37)35-9-5-6-10-35/h7-8,11-14H,3-6,9-10H2,1-2H3,(H,30,32)(H,31,36)(H,29,33,34)/b15-7+,20-8+. The van der Waals surface area contributed by atoms with Crippen LogP contribution < -0.4 is 5.32 Å². The third-order valence-corrected chi connectivity index (χ3v) is 6.37. The van der Waals surface area contributed by atoms with E-state index in [0.717, 1.165) is 42.5 Å². The molecule has 3 N–H and O–H groups in total. The molecular weight excluding hydrogens is 470 g/mol. The number of imidazole rings is 1. The molecule has 188 valence electrons. The molecule has 11 heteroatoms. The Bertz CT molecular complexity index is 1570. The number of aromatic amines is 2. The van der Waals surface area contributed by atoms with Gasteiger partial charge in [-0.05, 0) is 49.8 Å². The molecular formula is C26H27N9O2. The molecule has 0 spiro atoms. The molecule has 0 unspecified atom stereocenters. The molecule has 1 aliphatic rings. The Kier molecular flexibility index (Phi) is 6.59. The fraction of sp³-hybridized carbons (Fsp3) is 0.269.